The van der Waals surface area contributed by atoms with E-state index < -0.39 is 0 Å². The smallest absolute Gasteiger partial charge is 0.00104 e. The van der Waals surface area contributed by atoms with Gasteiger partial charge in [0.1, 0.15) is 0 Å². The van der Waals surface area contributed by atoms with Crippen molar-refractivity contribution < 1.29 is 0 Å². The van der Waals surface area contributed by atoms with Gasteiger partial charge in [0.15, 0.2) is 0 Å². The minimum absolute atomic E-state index is 0.620. The Balaban J connectivity index is 1.81. The average Bonchev–Trinajstić information content (AvgIpc) is 2.35. The third-order valence-corrected chi connectivity index (χ3v) is 4.29. The summed E-state index contributed by atoms with van der Waals surface area (Å²) in [6.07, 6.45) is 5.25. The highest BCUT2D eigenvalue weighted by Crippen LogP contribution is 2.36. The summed E-state index contributed by atoms with van der Waals surface area (Å²) in [5.74, 6) is 1.81. The van der Waals surface area contributed by atoms with Crippen LogP contribution in [0.25, 0.3) is 0 Å². The van der Waals surface area contributed by atoms with Gasteiger partial charge in [-0.05, 0) is 55.2 Å². The molecule has 0 saturated heterocycles. The van der Waals surface area contributed by atoms with Crippen LogP contribution in [0.5, 0.6) is 0 Å². The summed E-state index contributed by atoms with van der Waals surface area (Å²) >= 11 is 0. The fourth-order valence-electron chi connectivity index (χ4n) is 2.78. The molecule has 1 aromatic carbocycles. The molecule has 0 bridgehead atoms. The van der Waals surface area contributed by atoms with Crippen LogP contribution in [0.1, 0.15) is 44.7 Å². The summed E-state index contributed by atoms with van der Waals surface area (Å²) in [5, 5.41) is 3.58. The van der Waals surface area contributed by atoms with E-state index in [4.69, 9.17) is 0 Å². The third kappa shape index (κ3) is 3.58. The number of benzene rings is 1. The fourth-order valence-corrected chi connectivity index (χ4v) is 2.78. The summed E-state index contributed by atoms with van der Waals surface area (Å²) in [6, 6.07) is 9.84. The number of hydrogen-bond acceptors (Lipinski definition) is 1. The molecule has 1 aromatic rings. The van der Waals surface area contributed by atoms with Crippen LogP contribution >= 0.6 is 0 Å². The number of aryl methyl sites for hydroxylation is 1. The predicted octanol–water partition coefficient (Wildman–Crippen LogP) is 3.82. The van der Waals surface area contributed by atoms with Crippen LogP contribution in [-0.4, -0.2) is 12.6 Å². The molecule has 2 rings (SSSR count). The molecule has 2 atom stereocenters. The van der Waals surface area contributed by atoms with Gasteiger partial charge in [0.05, 0.1) is 0 Å². The van der Waals surface area contributed by atoms with Crippen molar-refractivity contribution in [3.05, 3.63) is 35.4 Å². The molecule has 1 nitrogen and oxygen atoms in total. The molecule has 0 aliphatic heterocycles. The summed E-state index contributed by atoms with van der Waals surface area (Å²) in [5.41, 5.74) is 2.97. The highest BCUT2D eigenvalue weighted by Gasteiger charge is 2.30. The van der Waals surface area contributed by atoms with E-state index in [1.807, 2.05) is 0 Å². The zero-order valence-electron chi connectivity index (χ0n) is 12.1. The second kappa shape index (κ2) is 6.38. The van der Waals surface area contributed by atoms with E-state index in [0.717, 1.165) is 18.3 Å². The standard InChI is InChI=1S/C17H27N/c1-4-14-5-7-15(8-6-14)11-16-9-10-17(16)12-18-13(2)3/h5-8,13,16-18H,4,9-12H2,1-3H3. The maximum Gasteiger partial charge on any atom is 0.00104 e. The quantitative estimate of drug-likeness (QED) is 0.803. The normalized spacial score (nSPS) is 23.1. The first kappa shape index (κ1) is 13.6. The Morgan fingerprint density at radius 3 is 2.17 bits per heavy atom. The Kier molecular flexibility index (Phi) is 4.82. The minimum atomic E-state index is 0.620. The molecule has 100 valence electrons. The first-order chi connectivity index (χ1) is 8.69. The van der Waals surface area contributed by atoms with E-state index >= 15 is 0 Å². The Hall–Kier alpha value is -0.820. The second-order valence-corrected chi connectivity index (χ2v) is 6.03. The maximum absolute atomic E-state index is 3.58. The van der Waals surface area contributed by atoms with E-state index in [9.17, 15) is 0 Å². The molecule has 1 N–H and O–H groups in total. The summed E-state index contributed by atoms with van der Waals surface area (Å²) in [4.78, 5) is 0. The van der Waals surface area contributed by atoms with Gasteiger partial charge in [-0.25, -0.2) is 0 Å². The first-order valence-electron chi connectivity index (χ1n) is 7.50. The molecule has 0 aromatic heterocycles. The molecule has 0 spiro atoms. The van der Waals surface area contributed by atoms with E-state index in [0.29, 0.717) is 6.04 Å². The van der Waals surface area contributed by atoms with Crippen molar-refractivity contribution in [1.29, 1.82) is 0 Å². The van der Waals surface area contributed by atoms with E-state index in [-0.39, 0.29) is 0 Å². The van der Waals surface area contributed by atoms with E-state index in [1.165, 1.54) is 36.9 Å². The molecular formula is C17H27N. The largest absolute Gasteiger partial charge is 0.314 e. The van der Waals surface area contributed by atoms with Crippen molar-refractivity contribution in [2.45, 2.75) is 52.5 Å². The average molecular weight is 245 g/mol. The monoisotopic (exact) mass is 245 g/mol. The van der Waals surface area contributed by atoms with Crippen molar-refractivity contribution >= 4 is 0 Å². The maximum atomic E-state index is 3.58. The Morgan fingerprint density at radius 2 is 1.67 bits per heavy atom. The van der Waals surface area contributed by atoms with Gasteiger partial charge in [-0.15, -0.1) is 0 Å². The summed E-state index contributed by atoms with van der Waals surface area (Å²) in [6.45, 7) is 7.89. The Morgan fingerprint density at radius 1 is 1.06 bits per heavy atom. The SMILES string of the molecule is CCc1ccc(CC2CCC2CNC(C)C)cc1. The van der Waals surface area contributed by atoms with Gasteiger partial charge in [-0.3, -0.25) is 0 Å². The lowest BCUT2D eigenvalue weighted by molar-refractivity contribution is 0.168. The highest BCUT2D eigenvalue weighted by atomic mass is 14.9. The van der Waals surface area contributed by atoms with Crippen molar-refractivity contribution in [2.75, 3.05) is 6.54 Å². The fraction of sp³-hybridized carbons (Fsp3) is 0.647. The van der Waals surface area contributed by atoms with Crippen molar-refractivity contribution in [3.8, 4) is 0 Å². The number of hydrogen-bond donors (Lipinski definition) is 1. The molecule has 1 heteroatoms. The Bertz CT molecular complexity index is 352. The first-order valence-corrected chi connectivity index (χ1v) is 7.50. The molecule has 1 fully saturated rings. The van der Waals surface area contributed by atoms with Crippen LogP contribution in [0.15, 0.2) is 24.3 Å². The van der Waals surface area contributed by atoms with Gasteiger partial charge >= 0.3 is 0 Å². The van der Waals surface area contributed by atoms with Gasteiger partial charge in [0.2, 0.25) is 0 Å². The topological polar surface area (TPSA) is 12.0 Å². The van der Waals surface area contributed by atoms with Crippen molar-refractivity contribution in [1.82, 2.24) is 5.32 Å². The zero-order chi connectivity index (χ0) is 13.0. The van der Waals surface area contributed by atoms with Gasteiger partial charge in [0.25, 0.3) is 0 Å². The zero-order valence-corrected chi connectivity index (χ0v) is 12.1. The van der Waals surface area contributed by atoms with Crippen LogP contribution in [0, 0.1) is 11.8 Å². The number of rotatable bonds is 6. The van der Waals surface area contributed by atoms with Crippen LogP contribution in [0.2, 0.25) is 0 Å². The van der Waals surface area contributed by atoms with Crippen molar-refractivity contribution in [3.63, 3.8) is 0 Å². The highest BCUT2D eigenvalue weighted by molar-refractivity contribution is 5.23. The van der Waals surface area contributed by atoms with Crippen molar-refractivity contribution in [2.24, 2.45) is 11.8 Å². The summed E-state index contributed by atoms with van der Waals surface area (Å²) in [7, 11) is 0. The second-order valence-electron chi connectivity index (χ2n) is 6.03. The van der Waals surface area contributed by atoms with Crippen LogP contribution in [-0.2, 0) is 12.8 Å². The van der Waals surface area contributed by atoms with Gasteiger partial charge in [0, 0.05) is 6.04 Å². The van der Waals surface area contributed by atoms with Crippen LogP contribution in [0.4, 0.5) is 0 Å². The molecular weight excluding hydrogens is 218 g/mol. The van der Waals surface area contributed by atoms with Gasteiger partial charge < -0.3 is 5.32 Å². The van der Waals surface area contributed by atoms with Gasteiger partial charge in [-0.1, -0.05) is 45.0 Å². The predicted molar refractivity (Wildman–Crippen MR) is 78.9 cm³/mol. The lowest BCUT2D eigenvalue weighted by atomic mass is 9.70. The van der Waals surface area contributed by atoms with Crippen LogP contribution < -0.4 is 5.32 Å². The number of nitrogens with one attached hydrogen (secondary N) is 1. The minimum Gasteiger partial charge on any atom is -0.314 e. The van der Waals surface area contributed by atoms with Gasteiger partial charge in [-0.2, -0.15) is 0 Å². The molecule has 1 aliphatic rings. The molecule has 0 amide bonds. The Labute approximate surface area is 112 Å². The molecule has 18 heavy (non-hydrogen) atoms. The van der Waals surface area contributed by atoms with Crippen LogP contribution in [0.3, 0.4) is 0 Å². The molecule has 2 unspecified atom stereocenters. The molecule has 0 radical (unpaired) electrons. The van der Waals surface area contributed by atoms with E-state index in [1.54, 1.807) is 0 Å². The molecule has 1 saturated carbocycles. The summed E-state index contributed by atoms with van der Waals surface area (Å²) < 4.78 is 0. The molecule has 1 aliphatic carbocycles. The lowest BCUT2D eigenvalue weighted by Gasteiger charge is -2.37. The molecule has 0 heterocycles. The van der Waals surface area contributed by atoms with E-state index in [2.05, 4.69) is 50.4 Å². The third-order valence-electron chi connectivity index (χ3n) is 4.29. The lowest BCUT2D eigenvalue weighted by Crippen LogP contribution is -2.38.